The van der Waals surface area contributed by atoms with Crippen molar-refractivity contribution in [3.63, 3.8) is 0 Å². The number of hydrogen-bond donors (Lipinski definition) is 0. The van der Waals surface area contributed by atoms with Crippen LogP contribution < -0.4 is 19.8 Å². The highest BCUT2D eigenvalue weighted by Crippen LogP contribution is 2.34. The topological polar surface area (TPSA) is 92.0 Å². The van der Waals surface area contributed by atoms with E-state index in [0.717, 1.165) is 22.4 Å². The lowest BCUT2D eigenvalue weighted by Crippen LogP contribution is -2.21. The predicted molar refractivity (Wildman–Crippen MR) is 149 cm³/mol. The van der Waals surface area contributed by atoms with Gasteiger partial charge in [0.05, 0.1) is 30.8 Å². The lowest BCUT2D eigenvalue weighted by atomic mass is 9.96. The van der Waals surface area contributed by atoms with E-state index in [0.29, 0.717) is 40.4 Å². The van der Waals surface area contributed by atoms with Gasteiger partial charge < -0.3 is 14.2 Å². The fourth-order valence-electron chi connectivity index (χ4n) is 4.20. The maximum Gasteiger partial charge on any atom is 0.308 e. The first-order chi connectivity index (χ1) is 18.2. The van der Waals surface area contributed by atoms with E-state index in [1.165, 1.54) is 18.7 Å². The molecular formula is C30H31N3O5. The molecule has 0 bridgehead atoms. The van der Waals surface area contributed by atoms with E-state index in [4.69, 9.17) is 19.2 Å². The molecule has 0 saturated heterocycles. The van der Waals surface area contributed by atoms with Gasteiger partial charge in [0.25, 0.3) is 5.56 Å². The SMILES string of the molecule is CCOc1cc(C)c(-c2nc3ccccc3c(=O)n2N=Cc2ccc(OC(C)=O)c(OC)c2)cc1C(C)C. The van der Waals surface area contributed by atoms with Gasteiger partial charge in [-0.05, 0) is 78.9 Å². The molecule has 0 amide bonds. The van der Waals surface area contributed by atoms with Crippen molar-refractivity contribution in [1.82, 2.24) is 9.66 Å². The van der Waals surface area contributed by atoms with Gasteiger partial charge in [-0.2, -0.15) is 9.78 Å². The number of para-hydroxylation sites is 1. The number of hydrogen-bond acceptors (Lipinski definition) is 7. The molecule has 0 aliphatic rings. The Bertz CT molecular complexity index is 1590. The van der Waals surface area contributed by atoms with Gasteiger partial charge in [0.1, 0.15) is 5.75 Å². The van der Waals surface area contributed by atoms with Crippen LogP contribution in [0.1, 0.15) is 50.3 Å². The first-order valence-corrected chi connectivity index (χ1v) is 12.4. The molecule has 8 heteroatoms. The molecule has 0 atom stereocenters. The average Bonchev–Trinajstić information content (AvgIpc) is 2.88. The second-order valence-corrected chi connectivity index (χ2v) is 9.11. The van der Waals surface area contributed by atoms with E-state index < -0.39 is 5.97 Å². The van der Waals surface area contributed by atoms with Crippen LogP contribution >= 0.6 is 0 Å². The quantitative estimate of drug-likeness (QED) is 0.170. The van der Waals surface area contributed by atoms with Crippen LogP contribution in [0.25, 0.3) is 22.3 Å². The number of fused-ring (bicyclic) bond motifs is 1. The molecule has 38 heavy (non-hydrogen) atoms. The summed E-state index contributed by atoms with van der Waals surface area (Å²) >= 11 is 0. The van der Waals surface area contributed by atoms with Crippen LogP contribution in [-0.4, -0.2) is 35.6 Å². The van der Waals surface area contributed by atoms with Gasteiger partial charge in [-0.1, -0.05) is 26.0 Å². The zero-order valence-corrected chi connectivity index (χ0v) is 22.4. The molecule has 3 aromatic carbocycles. The number of aromatic nitrogens is 2. The lowest BCUT2D eigenvalue weighted by molar-refractivity contribution is -0.132. The van der Waals surface area contributed by atoms with Gasteiger partial charge in [-0.3, -0.25) is 9.59 Å². The Kier molecular flexibility index (Phi) is 7.90. The third-order valence-electron chi connectivity index (χ3n) is 6.04. The Labute approximate surface area is 221 Å². The summed E-state index contributed by atoms with van der Waals surface area (Å²) < 4.78 is 17.8. The Morgan fingerprint density at radius 3 is 2.53 bits per heavy atom. The molecule has 0 fully saturated rings. The molecule has 4 aromatic rings. The molecule has 0 unspecified atom stereocenters. The molecule has 0 spiro atoms. The summed E-state index contributed by atoms with van der Waals surface area (Å²) in [5, 5.41) is 5.03. The van der Waals surface area contributed by atoms with Crippen LogP contribution in [0, 0.1) is 6.92 Å². The van der Waals surface area contributed by atoms with Crippen molar-refractivity contribution in [3.8, 4) is 28.6 Å². The highest BCUT2D eigenvalue weighted by atomic mass is 16.6. The van der Waals surface area contributed by atoms with Crippen molar-refractivity contribution >= 4 is 23.1 Å². The number of rotatable bonds is 8. The van der Waals surface area contributed by atoms with E-state index in [1.54, 1.807) is 36.5 Å². The molecule has 1 aromatic heterocycles. The van der Waals surface area contributed by atoms with E-state index in [2.05, 4.69) is 18.9 Å². The summed E-state index contributed by atoms with van der Waals surface area (Å²) in [4.78, 5) is 29.9. The predicted octanol–water partition coefficient (Wildman–Crippen LogP) is 5.71. The summed E-state index contributed by atoms with van der Waals surface area (Å²) in [6.45, 7) is 10.0. The van der Waals surface area contributed by atoms with Gasteiger partial charge in [-0.15, -0.1) is 0 Å². The van der Waals surface area contributed by atoms with Crippen molar-refractivity contribution in [3.05, 3.63) is 81.6 Å². The maximum absolute atomic E-state index is 13.6. The summed E-state index contributed by atoms with van der Waals surface area (Å²) in [7, 11) is 1.49. The maximum atomic E-state index is 13.6. The fraction of sp³-hybridized carbons (Fsp3) is 0.267. The fourth-order valence-corrected chi connectivity index (χ4v) is 4.20. The van der Waals surface area contributed by atoms with Crippen molar-refractivity contribution in [2.24, 2.45) is 5.10 Å². The molecular weight excluding hydrogens is 482 g/mol. The molecule has 0 aliphatic carbocycles. The van der Waals surface area contributed by atoms with Crippen molar-refractivity contribution in [2.45, 2.75) is 40.5 Å². The number of esters is 1. The second-order valence-electron chi connectivity index (χ2n) is 9.11. The van der Waals surface area contributed by atoms with Gasteiger partial charge >= 0.3 is 5.97 Å². The Hall–Kier alpha value is -4.46. The molecule has 1 heterocycles. The normalized spacial score (nSPS) is 11.3. The second kappa shape index (κ2) is 11.3. The highest BCUT2D eigenvalue weighted by Gasteiger charge is 2.18. The van der Waals surface area contributed by atoms with Gasteiger partial charge in [0.2, 0.25) is 0 Å². The van der Waals surface area contributed by atoms with Crippen LogP contribution in [0.3, 0.4) is 0 Å². The van der Waals surface area contributed by atoms with Gasteiger partial charge in [0.15, 0.2) is 17.3 Å². The molecule has 0 saturated carbocycles. The van der Waals surface area contributed by atoms with E-state index in [9.17, 15) is 9.59 Å². The minimum atomic E-state index is -0.449. The average molecular weight is 514 g/mol. The van der Waals surface area contributed by atoms with Crippen LogP contribution in [0.4, 0.5) is 0 Å². The molecule has 0 aliphatic heterocycles. The molecule has 196 valence electrons. The summed E-state index contributed by atoms with van der Waals surface area (Å²) in [6.07, 6.45) is 1.55. The number of ether oxygens (including phenoxy) is 3. The monoisotopic (exact) mass is 513 g/mol. The van der Waals surface area contributed by atoms with E-state index in [1.807, 2.05) is 38.1 Å². The van der Waals surface area contributed by atoms with Crippen molar-refractivity contribution in [2.75, 3.05) is 13.7 Å². The minimum Gasteiger partial charge on any atom is -0.494 e. The standard InChI is InChI=1S/C30H31N3O5/c1-7-37-27-14-19(4)24(16-23(27)18(2)3)29-32-25-11-9-8-10-22(25)30(35)33(29)31-17-21-12-13-26(38-20(5)34)28(15-21)36-6/h8-18H,7H2,1-6H3. The Balaban J connectivity index is 1.91. The van der Waals surface area contributed by atoms with Crippen LogP contribution in [0.2, 0.25) is 0 Å². The number of nitrogens with zero attached hydrogens (tertiary/aromatic N) is 3. The number of carbonyl (C=O) groups excluding carboxylic acids is 1. The number of aryl methyl sites for hydroxylation is 1. The largest absolute Gasteiger partial charge is 0.494 e. The number of carbonyl (C=O) groups is 1. The van der Waals surface area contributed by atoms with Crippen LogP contribution in [-0.2, 0) is 4.79 Å². The summed E-state index contributed by atoms with van der Waals surface area (Å²) in [5.41, 5.74) is 3.68. The highest BCUT2D eigenvalue weighted by molar-refractivity contribution is 5.83. The lowest BCUT2D eigenvalue weighted by Gasteiger charge is -2.18. The molecule has 0 radical (unpaired) electrons. The molecule has 0 N–H and O–H groups in total. The Morgan fingerprint density at radius 1 is 1.08 bits per heavy atom. The van der Waals surface area contributed by atoms with Crippen LogP contribution in [0.5, 0.6) is 17.2 Å². The first kappa shape index (κ1) is 26.6. The minimum absolute atomic E-state index is 0.197. The van der Waals surface area contributed by atoms with E-state index >= 15 is 0 Å². The third kappa shape index (κ3) is 5.44. The van der Waals surface area contributed by atoms with Gasteiger partial charge in [0, 0.05) is 12.5 Å². The first-order valence-electron chi connectivity index (χ1n) is 12.4. The van der Waals surface area contributed by atoms with Gasteiger partial charge in [-0.25, -0.2) is 4.98 Å². The van der Waals surface area contributed by atoms with Crippen molar-refractivity contribution < 1.29 is 19.0 Å². The van der Waals surface area contributed by atoms with E-state index in [-0.39, 0.29) is 11.5 Å². The van der Waals surface area contributed by atoms with Crippen molar-refractivity contribution in [1.29, 1.82) is 0 Å². The number of methoxy groups -OCH3 is 1. The molecule has 4 rings (SSSR count). The van der Waals surface area contributed by atoms with Crippen LogP contribution in [0.15, 0.2) is 64.5 Å². The molecule has 8 nitrogen and oxygen atoms in total. The summed E-state index contributed by atoms with van der Waals surface area (Å²) in [5.74, 6) is 1.67. The zero-order valence-electron chi connectivity index (χ0n) is 22.4. The third-order valence-corrected chi connectivity index (χ3v) is 6.04. The summed E-state index contributed by atoms with van der Waals surface area (Å²) in [6, 6.07) is 16.3. The zero-order chi connectivity index (χ0) is 27.4. The Morgan fingerprint density at radius 2 is 1.84 bits per heavy atom. The number of benzene rings is 3. The smallest absolute Gasteiger partial charge is 0.308 e.